The minimum atomic E-state index is -0.771. The van der Waals surface area contributed by atoms with Gasteiger partial charge in [0.2, 0.25) is 0 Å². The molecule has 0 radical (unpaired) electrons. The maximum absolute atomic E-state index is 11.6. The fourth-order valence-corrected chi connectivity index (χ4v) is 2.00. The molecular weight excluding hydrogens is 348 g/mol. The van der Waals surface area contributed by atoms with Crippen molar-refractivity contribution in [3.8, 4) is 0 Å². The van der Waals surface area contributed by atoms with Crippen LogP contribution in [0.1, 0.15) is 44.6 Å². The van der Waals surface area contributed by atoms with Crippen molar-refractivity contribution in [3.63, 3.8) is 0 Å². The maximum Gasteiger partial charge on any atom is 0.306 e. The first-order chi connectivity index (χ1) is 12.3. The van der Waals surface area contributed by atoms with Crippen LogP contribution in [0.15, 0.2) is 18.2 Å². The SMILES string of the molecule is CCCCCOC(=O)CCC(=O)OCc1cc([N+](=O)[O-])cc([N+](=O)[O-])c1. The molecule has 0 aromatic heterocycles. The van der Waals surface area contributed by atoms with Gasteiger partial charge in [-0.1, -0.05) is 19.8 Å². The molecule has 0 N–H and O–H groups in total. The van der Waals surface area contributed by atoms with Gasteiger partial charge in [0.05, 0.1) is 35.4 Å². The summed E-state index contributed by atoms with van der Waals surface area (Å²) >= 11 is 0. The van der Waals surface area contributed by atoms with E-state index in [9.17, 15) is 29.8 Å². The second kappa shape index (κ2) is 10.7. The van der Waals surface area contributed by atoms with E-state index in [1.54, 1.807) is 0 Å². The van der Waals surface area contributed by atoms with Gasteiger partial charge >= 0.3 is 11.9 Å². The lowest BCUT2D eigenvalue weighted by Gasteiger charge is -2.06. The Kier molecular flexibility index (Phi) is 8.68. The lowest BCUT2D eigenvalue weighted by Crippen LogP contribution is -2.11. The van der Waals surface area contributed by atoms with Gasteiger partial charge in [-0.05, 0) is 6.42 Å². The molecule has 1 aromatic carbocycles. The van der Waals surface area contributed by atoms with Crippen molar-refractivity contribution < 1.29 is 28.9 Å². The van der Waals surface area contributed by atoms with Gasteiger partial charge in [-0.25, -0.2) is 0 Å². The third-order valence-electron chi connectivity index (χ3n) is 3.33. The molecule has 0 unspecified atom stereocenters. The van der Waals surface area contributed by atoms with Crippen molar-refractivity contribution in [2.24, 2.45) is 0 Å². The van der Waals surface area contributed by atoms with Crippen LogP contribution in [-0.4, -0.2) is 28.4 Å². The Balaban J connectivity index is 2.48. The van der Waals surface area contributed by atoms with Crippen LogP contribution in [0.3, 0.4) is 0 Å². The Morgan fingerprint density at radius 2 is 1.46 bits per heavy atom. The second-order valence-electron chi connectivity index (χ2n) is 5.46. The Labute approximate surface area is 149 Å². The zero-order chi connectivity index (χ0) is 19.5. The number of hydrogen-bond acceptors (Lipinski definition) is 8. The van der Waals surface area contributed by atoms with Crippen LogP contribution in [0.25, 0.3) is 0 Å². The van der Waals surface area contributed by atoms with Crippen LogP contribution >= 0.6 is 0 Å². The van der Waals surface area contributed by atoms with Crippen LogP contribution in [-0.2, 0) is 25.7 Å². The Hall–Kier alpha value is -3.04. The van der Waals surface area contributed by atoms with Crippen LogP contribution in [0, 0.1) is 20.2 Å². The number of rotatable bonds is 11. The normalized spacial score (nSPS) is 10.2. The highest BCUT2D eigenvalue weighted by Gasteiger charge is 2.17. The van der Waals surface area contributed by atoms with Gasteiger partial charge in [0.1, 0.15) is 6.61 Å². The first kappa shape index (κ1) is 21.0. The summed E-state index contributed by atoms with van der Waals surface area (Å²) in [7, 11) is 0. The zero-order valence-corrected chi connectivity index (χ0v) is 14.3. The molecule has 26 heavy (non-hydrogen) atoms. The third kappa shape index (κ3) is 7.69. The van der Waals surface area contributed by atoms with Crippen LogP contribution in [0.4, 0.5) is 11.4 Å². The number of ether oxygens (including phenoxy) is 2. The lowest BCUT2D eigenvalue weighted by atomic mass is 10.2. The third-order valence-corrected chi connectivity index (χ3v) is 3.33. The molecule has 0 aliphatic rings. The molecule has 0 aliphatic carbocycles. The summed E-state index contributed by atoms with van der Waals surface area (Å²) in [4.78, 5) is 43.1. The molecule has 1 aromatic rings. The van der Waals surface area contributed by atoms with Crippen LogP contribution < -0.4 is 0 Å². The lowest BCUT2D eigenvalue weighted by molar-refractivity contribution is -0.394. The van der Waals surface area contributed by atoms with Crippen molar-refractivity contribution in [1.29, 1.82) is 0 Å². The molecule has 142 valence electrons. The average Bonchev–Trinajstić information content (AvgIpc) is 2.61. The van der Waals surface area contributed by atoms with Gasteiger partial charge in [-0.2, -0.15) is 0 Å². The van der Waals surface area contributed by atoms with E-state index in [-0.39, 0.29) is 25.0 Å². The summed E-state index contributed by atoms with van der Waals surface area (Å²) < 4.78 is 9.84. The number of carbonyl (C=O) groups excluding carboxylic acids is 2. The molecule has 1 rings (SSSR count). The Morgan fingerprint density at radius 3 is 1.96 bits per heavy atom. The van der Waals surface area contributed by atoms with E-state index in [4.69, 9.17) is 9.47 Å². The van der Waals surface area contributed by atoms with E-state index >= 15 is 0 Å². The first-order valence-electron chi connectivity index (χ1n) is 8.07. The van der Waals surface area contributed by atoms with Gasteiger partial charge in [-0.3, -0.25) is 29.8 Å². The fourth-order valence-electron chi connectivity index (χ4n) is 2.00. The first-order valence-corrected chi connectivity index (χ1v) is 8.07. The molecule has 0 aliphatic heterocycles. The maximum atomic E-state index is 11.6. The summed E-state index contributed by atoms with van der Waals surface area (Å²) in [6, 6.07) is 2.99. The molecule has 0 heterocycles. The number of hydrogen-bond donors (Lipinski definition) is 0. The van der Waals surface area contributed by atoms with Crippen LogP contribution in [0.2, 0.25) is 0 Å². The highest BCUT2D eigenvalue weighted by Crippen LogP contribution is 2.23. The van der Waals surface area contributed by atoms with E-state index < -0.39 is 33.2 Å². The smallest absolute Gasteiger partial charge is 0.306 e. The van der Waals surface area contributed by atoms with Crippen molar-refractivity contribution in [3.05, 3.63) is 44.0 Å². The molecule has 10 heteroatoms. The summed E-state index contributed by atoms with van der Waals surface area (Å²) in [5.74, 6) is -1.21. The number of carbonyl (C=O) groups is 2. The molecule has 0 fully saturated rings. The molecule has 0 bridgehead atoms. The largest absolute Gasteiger partial charge is 0.466 e. The second-order valence-corrected chi connectivity index (χ2v) is 5.46. The van der Waals surface area contributed by atoms with E-state index in [0.717, 1.165) is 37.5 Å². The Bertz CT molecular complexity index is 642. The number of unbranched alkanes of at least 4 members (excludes halogenated alkanes) is 2. The van der Waals surface area contributed by atoms with Gasteiger partial charge in [-0.15, -0.1) is 0 Å². The monoisotopic (exact) mass is 368 g/mol. The molecular formula is C16H20N2O8. The number of benzene rings is 1. The van der Waals surface area contributed by atoms with Crippen molar-refractivity contribution >= 4 is 23.3 Å². The highest BCUT2D eigenvalue weighted by atomic mass is 16.6. The number of nitro groups is 2. The van der Waals surface area contributed by atoms with Gasteiger partial charge in [0.15, 0.2) is 0 Å². The van der Waals surface area contributed by atoms with E-state index in [1.165, 1.54) is 0 Å². The van der Waals surface area contributed by atoms with E-state index in [2.05, 4.69) is 0 Å². The summed E-state index contributed by atoms with van der Waals surface area (Å²) in [5, 5.41) is 21.6. The summed E-state index contributed by atoms with van der Waals surface area (Å²) in [5.41, 5.74) is -0.830. The average molecular weight is 368 g/mol. The fraction of sp³-hybridized carbons (Fsp3) is 0.500. The zero-order valence-electron chi connectivity index (χ0n) is 14.3. The summed E-state index contributed by atoms with van der Waals surface area (Å²) in [6.07, 6.45) is 2.37. The number of non-ortho nitro benzene ring substituents is 2. The molecule has 0 atom stereocenters. The number of esters is 2. The summed E-state index contributed by atoms with van der Waals surface area (Å²) in [6.45, 7) is 1.96. The number of nitro benzene ring substituents is 2. The topological polar surface area (TPSA) is 139 Å². The predicted molar refractivity (Wildman–Crippen MR) is 89.3 cm³/mol. The molecule has 10 nitrogen and oxygen atoms in total. The minimum absolute atomic E-state index is 0.112. The quantitative estimate of drug-likeness (QED) is 0.251. The number of nitrogens with zero attached hydrogens (tertiary/aromatic N) is 2. The molecule has 0 saturated heterocycles. The van der Waals surface area contributed by atoms with Crippen LogP contribution in [0.5, 0.6) is 0 Å². The van der Waals surface area contributed by atoms with Gasteiger partial charge < -0.3 is 9.47 Å². The van der Waals surface area contributed by atoms with Gasteiger partial charge in [0, 0.05) is 17.7 Å². The highest BCUT2D eigenvalue weighted by molar-refractivity contribution is 5.77. The minimum Gasteiger partial charge on any atom is -0.466 e. The Morgan fingerprint density at radius 1 is 0.923 bits per heavy atom. The standard InChI is InChI=1S/C16H20N2O8/c1-2-3-4-7-25-15(19)5-6-16(20)26-11-12-8-13(17(21)22)10-14(9-12)18(23)24/h8-10H,2-7,11H2,1H3. The molecule has 0 saturated carbocycles. The van der Waals surface area contributed by atoms with Crippen molar-refractivity contribution in [1.82, 2.24) is 0 Å². The molecule has 0 amide bonds. The molecule has 0 spiro atoms. The predicted octanol–water partition coefficient (Wildman–Crippen LogP) is 3.06. The van der Waals surface area contributed by atoms with Gasteiger partial charge in [0.25, 0.3) is 11.4 Å². The van der Waals surface area contributed by atoms with E-state index in [1.807, 2.05) is 6.92 Å². The van der Waals surface area contributed by atoms with Crippen molar-refractivity contribution in [2.45, 2.75) is 45.6 Å². The van der Waals surface area contributed by atoms with E-state index in [0.29, 0.717) is 6.61 Å². The van der Waals surface area contributed by atoms with Crippen molar-refractivity contribution in [2.75, 3.05) is 6.61 Å².